The number of carbonyl (C=O) groups is 2. The molecule has 0 bridgehead atoms. The zero-order chi connectivity index (χ0) is 11.4. The van der Waals surface area contributed by atoms with Crippen LogP contribution in [0.15, 0.2) is 0 Å². The topological polar surface area (TPSA) is 57.6 Å². The van der Waals surface area contributed by atoms with E-state index < -0.39 is 12.0 Å². The zero-order valence-corrected chi connectivity index (χ0v) is 9.40. The Bertz CT molecular complexity index is 252. The summed E-state index contributed by atoms with van der Waals surface area (Å²) < 4.78 is 0. The van der Waals surface area contributed by atoms with Gasteiger partial charge in [-0.2, -0.15) is 0 Å². The molecule has 0 saturated carbocycles. The molecule has 1 fully saturated rings. The van der Waals surface area contributed by atoms with E-state index >= 15 is 0 Å². The van der Waals surface area contributed by atoms with Crippen molar-refractivity contribution in [2.75, 3.05) is 6.54 Å². The molecule has 1 heterocycles. The predicted octanol–water partition coefficient (Wildman–Crippen LogP) is 1.50. The molecule has 1 saturated heterocycles. The number of amides is 1. The molecule has 0 aromatic heterocycles. The van der Waals surface area contributed by atoms with Gasteiger partial charge >= 0.3 is 5.97 Å². The Morgan fingerprint density at radius 2 is 2.13 bits per heavy atom. The minimum Gasteiger partial charge on any atom is -0.480 e. The number of carboxylic acids is 1. The van der Waals surface area contributed by atoms with Crippen LogP contribution in [0.3, 0.4) is 0 Å². The maximum atomic E-state index is 11.7. The molecule has 0 spiro atoms. The zero-order valence-electron chi connectivity index (χ0n) is 9.40. The first-order valence-corrected chi connectivity index (χ1v) is 5.58. The average molecular weight is 213 g/mol. The molecule has 0 radical (unpaired) electrons. The van der Waals surface area contributed by atoms with Crippen LogP contribution < -0.4 is 0 Å². The summed E-state index contributed by atoms with van der Waals surface area (Å²) >= 11 is 0. The molecule has 4 heteroatoms. The number of rotatable bonds is 3. The minimum absolute atomic E-state index is 0.0169. The number of piperidine rings is 1. The number of likely N-dealkylation sites (tertiary alicyclic amines) is 1. The van der Waals surface area contributed by atoms with Crippen molar-refractivity contribution in [3.05, 3.63) is 0 Å². The Balaban J connectivity index is 2.68. The summed E-state index contributed by atoms with van der Waals surface area (Å²) in [5.41, 5.74) is 0. The lowest BCUT2D eigenvalue weighted by molar-refractivity contribution is -0.153. The van der Waals surface area contributed by atoms with Gasteiger partial charge in [0.15, 0.2) is 0 Å². The van der Waals surface area contributed by atoms with Crippen LogP contribution in [0.1, 0.15) is 39.5 Å². The molecule has 1 N–H and O–H groups in total. The molecular formula is C11H19NO3. The molecule has 1 amide bonds. The van der Waals surface area contributed by atoms with Crippen molar-refractivity contribution in [1.82, 2.24) is 4.90 Å². The van der Waals surface area contributed by atoms with E-state index in [9.17, 15) is 9.59 Å². The number of hydrogen-bond donors (Lipinski definition) is 1. The van der Waals surface area contributed by atoms with Gasteiger partial charge in [-0.3, -0.25) is 4.79 Å². The Morgan fingerprint density at radius 3 is 2.67 bits per heavy atom. The standard InChI is InChI=1S/C11H19NO3/c1-3-4-10(13)12-6-5-8(2)7-9(12)11(14)15/h8-9H,3-7H2,1-2H3,(H,14,15). The van der Waals surface area contributed by atoms with Gasteiger partial charge in [-0.1, -0.05) is 13.8 Å². The lowest BCUT2D eigenvalue weighted by Gasteiger charge is -2.36. The Labute approximate surface area is 90.3 Å². The van der Waals surface area contributed by atoms with Crippen molar-refractivity contribution in [3.8, 4) is 0 Å². The van der Waals surface area contributed by atoms with E-state index in [0.29, 0.717) is 25.3 Å². The third-order valence-electron chi connectivity index (χ3n) is 2.93. The maximum Gasteiger partial charge on any atom is 0.326 e. The van der Waals surface area contributed by atoms with Gasteiger partial charge in [0.25, 0.3) is 0 Å². The lowest BCUT2D eigenvalue weighted by atomic mass is 9.92. The highest BCUT2D eigenvalue weighted by atomic mass is 16.4. The van der Waals surface area contributed by atoms with Crippen LogP contribution in [0.25, 0.3) is 0 Å². The van der Waals surface area contributed by atoms with E-state index in [1.165, 1.54) is 4.90 Å². The van der Waals surface area contributed by atoms with Crippen LogP contribution in [0.2, 0.25) is 0 Å². The van der Waals surface area contributed by atoms with Gasteiger partial charge in [-0.15, -0.1) is 0 Å². The first-order chi connectivity index (χ1) is 7.06. The monoisotopic (exact) mass is 213 g/mol. The fourth-order valence-electron chi connectivity index (χ4n) is 2.03. The van der Waals surface area contributed by atoms with Gasteiger partial charge in [-0.05, 0) is 25.2 Å². The van der Waals surface area contributed by atoms with Crippen LogP contribution in [-0.4, -0.2) is 34.5 Å². The highest BCUT2D eigenvalue weighted by molar-refractivity contribution is 5.83. The number of hydrogen-bond acceptors (Lipinski definition) is 2. The van der Waals surface area contributed by atoms with Gasteiger partial charge in [-0.25, -0.2) is 4.79 Å². The van der Waals surface area contributed by atoms with E-state index in [1.807, 2.05) is 13.8 Å². The van der Waals surface area contributed by atoms with E-state index in [1.54, 1.807) is 0 Å². The Morgan fingerprint density at radius 1 is 1.47 bits per heavy atom. The molecular weight excluding hydrogens is 194 g/mol. The summed E-state index contributed by atoms with van der Waals surface area (Å²) in [4.78, 5) is 24.2. The number of carbonyl (C=O) groups excluding carboxylic acids is 1. The first kappa shape index (κ1) is 12.0. The number of aliphatic carboxylic acids is 1. The third kappa shape index (κ3) is 2.94. The SMILES string of the molecule is CCCC(=O)N1CCC(C)CC1C(=O)O. The molecule has 1 aliphatic rings. The molecule has 0 aromatic rings. The summed E-state index contributed by atoms with van der Waals surface area (Å²) in [5, 5.41) is 9.05. The maximum absolute atomic E-state index is 11.7. The van der Waals surface area contributed by atoms with Crippen molar-refractivity contribution in [2.45, 2.75) is 45.6 Å². The van der Waals surface area contributed by atoms with E-state index in [4.69, 9.17) is 5.11 Å². The third-order valence-corrected chi connectivity index (χ3v) is 2.93. The molecule has 0 aromatic carbocycles. The van der Waals surface area contributed by atoms with Crippen LogP contribution in [0, 0.1) is 5.92 Å². The van der Waals surface area contributed by atoms with E-state index in [-0.39, 0.29) is 5.91 Å². The second-order valence-electron chi connectivity index (χ2n) is 4.32. The van der Waals surface area contributed by atoms with Gasteiger partial charge in [0.1, 0.15) is 6.04 Å². The summed E-state index contributed by atoms with van der Waals surface area (Å²) in [5.74, 6) is -0.487. The van der Waals surface area contributed by atoms with E-state index in [2.05, 4.69) is 0 Å². The first-order valence-electron chi connectivity index (χ1n) is 5.58. The van der Waals surface area contributed by atoms with Crippen molar-refractivity contribution in [3.63, 3.8) is 0 Å². The van der Waals surface area contributed by atoms with Crippen LogP contribution >= 0.6 is 0 Å². The lowest BCUT2D eigenvalue weighted by Crippen LogP contribution is -2.49. The van der Waals surface area contributed by atoms with Gasteiger partial charge in [0, 0.05) is 13.0 Å². The van der Waals surface area contributed by atoms with Gasteiger partial charge < -0.3 is 10.0 Å². The fraction of sp³-hybridized carbons (Fsp3) is 0.818. The molecule has 1 rings (SSSR count). The number of nitrogens with zero attached hydrogens (tertiary/aromatic N) is 1. The second-order valence-corrected chi connectivity index (χ2v) is 4.32. The average Bonchev–Trinajstić information content (AvgIpc) is 2.17. The molecule has 2 atom stereocenters. The molecule has 2 unspecified atom stereocenters. The summed E-state index contributed by atoms with van der Waals surface area (Å²) in [6.45, 7) is 4.56. The summed E-state index contributed by atoms with van der Waals surface area (Å²) in [6, 6.07) is -0.604. The molecule has 4 nitrogen and oxygen atoms in total. The second kappa shape index (κ2) is 5.14. The van der Waals surface area contributed by atoms with E-state index in [0.717, 1.165) is 12.8 Å². The molecule has 1 aliphatic heterocycles. The van der Waals surface area contributed by atoms with Crippen LogP contribution in [0.4, 0.5) is 0 Å². The largest absolute Gasteiger partial charge is 0.480 e. The van der Waals surface area contributed by atoms with Crippen molar-refractivity contribution in [2.24, 2.45) is 5.92 Å². The molecule has 15 heavy (non-hydrogen) atoms. The summed E-state index contributed by atoms with van der Waals surface area (Å²) in [6.07, 6.45) is 2.74. The van der Waals surface area contributed by atoms with Crippen molar-refractivity contribution >= 4 is 11.9 Å². The normalized spacial score (nSPS) is 26.4. The number of carboxylic acid groups (broad SMARTS) is 1. The smallest absolute Gasteiger partial charge is 0.326 e. The fourth-order valence-corrected chi connectivity index (χ4v) is 2.03. The van der Waals surface area contributed by atoms with Crippen molar-refractivity contribution < 1.29 is 14.7 Å². The predicted molar refractivity (Wildman–Crippen MR) is 56.4 cm³/mol. The highest BCUT2D eigenvalue weighted by Gasteiger charge is 2.33. The molecule has 86 valence electrons. The van der Waals surface area contributed by atoms with Crippen LogP contribution in [-0.2, 0) is 9.59 Å². The van der Waals surface area contributed by atoms with Crippen molar-refractivity contribution in [1.29, 1.82) is 0 Å². The van der Waals surface area contributed by atoms with Crippen LogP contribution in [0.5, 0.6) is 0 Å². The minimum atomic E-state index is -0.869. The highest BCUT2D eigenvalue weighted by Crippen LogP contribution is 2.23. The summed E-state index contributed by atoms with van der Waals surface area (Å²) in [7, 11) is 0. The quantitative estimate of drug-likeness (QED) is 0.772. The Hall–Kier alpha value is -1.06. The van der Waals surface area contributed by atoms with Gasteiger partial charge in [0.05, 0.1) is 0 Å². The van der Waals surface area contributed by atoms with Gasteiger partial charge in [0.2, 0.25) is 5.91 Å². The Kier molecular flexibility index (Phi) is 4.12. The molecule has 0 aliphatic carbocycles.